The molecule has 0 bridgehead atoms. The first-order valence-electron chi connectivity index (χ1n) is 6.01. The lowest BCUT2D eigenvalue weighted by Crippen LogP contribution is -2.45. The molecule has 1 aliphatic heterocycles. The van der Waals surface area contributed by atoms with Crippen LogP contribution < -0.4 is 0 Å². The first-order valence-corrected chi connectivity index (χ1v) is 7.86. The van der Waals surface area contributed by atoms with E-state index in [1.54, 1.807) is 0 Å². The molecule has 0 aromatic rings. The average Bonchev–Trinajstić information content (AvgIpc) is 2.66. The second kappa shape index (κ2) is 4.57. The van der Waals surface area contributed by atoms with E-state index in [4.69, 9.17) is 4.74 Å². The van der Waals surface area contributed by atoms with E-state index in [9.17, 15) is 13.2 Å². The van der Waals surface area contributed by atoms with Gasteiger partial charge in [-0.15, -0.1) is 0 Å². The number of ether oxygens (including phenoxy) is 1. The predicted molar refractivity (Wildman–Crippen MR) is 62.8 cm³/mol. The number of rotatable bonds is 2. The number of hydrogen-bond donors (Lipinski definition) is 0. The third-order valence-electron chi connectivity index (χ3n) is 3.89. The number of carbonyl (C=O) groups is 1. The van der Waals surface area contributed by atoms with Gasteiger partial charge in [-0.05, 0) is 25.2 Å². The van der Waals surface area contributed by atoms with Crippen molar-refractivity contribution in [2.24, 2.45) is 5.92 Å². The van der Waals surface area contributed by atoms with Crippen LogP contribution in [0.2, 0.25) is 0 Å². The number of carbonyl (C=O) groups excluding carboxylic acids is 1. The van der Waals surface area contributed by atoms with Gasteiger partial charge in [-0.1, -0.05) is 12.8 Å². The van der Waals surface area contributed by atoms with E-state index >= 15 is 0 Å². The van der Waals surface area contributed by atoms with Crippen LogP contribution in [0.1, 0.15) is 32.1 Å². The molecule has 2 rings (SSSR count). The van der Waals surface area contributed by atoms with Gasteiger partial charge in [0.05, 0.1) is 13.4 Å². The van der Waals surface area contributed by atoms with Crippen LogP contribution in [0.25, 0.3) is 0 Å². The lowest BCUT2D eigenvalue weighted by molar-refractivity contribution is -0.144. The third-order valence-corrected chi connectivity index (χ3v) is 5.18. The van der Waals surface area contributed by atoms with Crippen molar-refractivity contribution in [3.8, 4) is 0 Å². The molecule has 0 unspecified atom stereocenters. The van der Waals surface area contributed by atoms with Crippen molar-refractivity contribution in [1.82, 2.24) is 4.31 Å². The van der Waals surface area contributed by atoms with E-state index in [1.165, 1.54) is 17.7 Å². The molecule has 0 aromatic heterocycles. The third kappa shape index (κ3) is 2.33. The molecule has 3 atom stereocenters. The summed E-state index contributed by atoms with van der Waals surface area (Å²) in [6.07, 6.45) is 5.85. The normalized spacial score (nSPS) is 34.4. The molecule has 2 aliphatic rings. The quantitative estimate of drug-likeness (QED) is 0.688. The molecule has 98 valence electrons. The molecule has 0 spiro atoms. The molecular formula is C11H19NO4S. The monoisotopic (exact) mass is 261 g/mol. The molecule has 2 fully saturated rings. The number of fused-ring (bicyclic) bond motifs is 1. The van der Waals surface area contributed by atoms with Crippen LogP contribution >= 0.6 is 0 Å². The molecule has 1 heterocycles. The highest BCUT2D eigenvalue weighted by atomic mass is 32.2. The number of nitrogens with zero attached hydrogens (tertiary/aromatic N) is 1. The Hall–Kier alpha value is -0.620. The smallest absolute Gasteiger partial charge is 0.324 e. The van der Waals surface area contributed by atoms with Gasteiger partial charge in [0, 0.05) is 6.04 Å². The Kier molecular flexibility index (Phi) is 3.45. The topological polar surface area (TPSA) is 63.7 Å². The molecule has 1 aliphatic carbocycles. The van der Waals surface area contributed by atoms with Crippen LogP contribution in [0.5, 0.6) is 0 Å². The van der Waals surface area contributed by atoms with E-state index in [0.717, 1.165) is 25.7 Å². The Balaban J connectivity index is 2.30. The largest absolute Gasteiger partial charge is 0.468 e. The van der Waals surface area contributed by atoms with Crippen LogP contribution in [-0.4, -0.2) is 44.1 Å². The SMILES string of the molecule is COC(=O)[C@@H]1C[C@H]2CCCC[C@H]2N1S(C)(=O)=O. The lowest BCUT2D eigenvalue weighted by atomic mass is 9.85. The molecule has 17 heavy (non-hydrogen) atoms. The van der Waals surface area contributed by atoms with E-state index in [0.29, 0.717) is 12.3 Å². The molecule has 5 nitrogen and oxygen atoms in total. The summed E-state index contributed by atoms with van der Waals surface area (Å²) in [5.74, 6) is -0.104. The summed E-state index contributed by atoms with van der Waals surface area (Å²) in [4.78, 5) is 11.7. The van der Waals surface area contributed by atoms with E-state index in [-0.39, 0.29) is 6.04 Å². The number of esters is 1. The Morgan fingerprint density at radius 2 is 1.94 bits per heavy atom. The molecule has 1 saturated carbocycles. The Labute approximate surface area is 102 Å². The minimum absolute atomic E-state index is 0.00264. The van der Waals surface area contributed by atoms with Crippen molar-refractivity contribution in [1.29, 1.82) is 0 Å². The highest BCUT2D eigenvalue weighted by Crippen LogP contribution is 2.41. The fraction of sp³-hybridized carbons (Fsp3) is 0.909. The first kappa shape index (κ1) is 12.8. The van der Waals surface area contributed by atoms with Crippen molar-refractivity contribution in [3.63, 3.8) is 0 Å². The van der Waals surface area contributed by atoms with Gasteiger partial charge in [-0.25, -0.2) is 8.42 Å². The Bertz CT molecular complexity index is 406. The molecule has 0 radical (unpaired) electrons. The van der Waals surface area contributed by atoms with Gasteiger partial charge in [-0.2, -0.15) is 4.31 Å². The van der Waals surface area contributed by atoms with Crippen molar-refractivity contribution in [2.45, 2.75) is 44.2 Å². The number of hydrogen-bond acceptors (Lipinski definition) is 4. The van der Waals surface area contributed by atoms with Crippen molar-refractivity contribution < 1.29 is 17.9 Å². The highest BCUT2D eigenvalue weighted by molar-refractivity contribution is 7.88. The summed E-state index contributed by atoms with van der Waals surface area (Å²) >= 11 is 0. The molecule has 1 saturated heterocycles. The molecule has 0 amide bonds. The van der Waals surface area contributed by atoms with Gasteiger partial charge in [0.2, 0.25) is 10.0 Å². The molecule has 0 N–H and O–H groups in total. The van der Waals surface area contributed by atoms with E-state index < -0.39 is 22.0 Å². The number of sulfonamides is 1. The lowest BCUT2D eigenvalue weighted by Gasteiger charge is -2.31. The summed E-state index contributed by atoms with van der Waals surface area (Å²) in [5.41, 5.74) is 0. The van der Waals surface area contributed by atoms with Crippen LogP contribution in [0, 0.1) is 5.92 Å². The second-order valence-corrected chi connectivity index (χ2v) is 6.87. The zero-order valence-electron chi connectivity index (χ0n) is 10.3. The average molecular weight is 261 g/mol. The maximum atomic E-state index is 11.8. The van der Waals surface area contributed by atoms with Crippen molar-refractivity contribution in [2.75, 3.05) is 13.4 Å². The minimum Gasteiger partial charge on any atom is -0.468 e. The summed E-state index contributed by atoms with van der Waals surface area (Å²) < 4.78 is 29.8. The van der Waals surface area contributed by atoms with Crippen molar-refractivity contribution in [3.05, 3.63) is 0 Å². The predicted octanol–water partition coefficient (Wildman–Crippen LogP) is 0.752. The Morgan fingerprint density at radius 1 is 1.29 bits per heavy atom. The second-order valence-electron chi connectivity index (χ2n) is 4.98. The fourth-order valence-electron chi connectivity index (χ4n) is 3.23. The zero-order chi connectivity index (χ0) is 12.6. The van der Waals surface area contributed by atoms with Gasteiger partial charge in [0.15, 0.2) is 0 Å². The maximum absolute atomic E-state index is 11.8. The summed E-state index contributed by atoms with van der Waals surface area (Å²) in [6, 6.07) is -0.606. The van der Waals surface area contributed by atoms with E-state index in [2.05, 4.69) is 0 Å². The van der Waals surface area contributed by atoms with Crippen LogP contribution in [0.4, 0.5) is 0 Å². The van der Waals surface area contributed by atoms with Gasteiger partial charge in [0.1, 0.15) is 6.04 Å². The summed E-state index contributed by atoms with van der Waals surface area (Å²) in [6.45, 7) is 0. The zero-order valence-corrected chi connectivity index (χ0v) is 11.1. The first-order chi connectivity index (χ1) is 7.95. The maximum Gasteiger partial charge on any atom is 0.324 e. The van der Waals surface area contributed by atoms with Crippen LogP contribution in [-0.2, 0) is 19.6 Å². The van der Waals surface area contributed by atoms with E-state index in [1.807, 2.05) is 0 Å². The number of methoxy groups -OCH3 is 1. The van der Waals surface area contributed by atoms with Gasteiger partial charge in [-0.3, -0.25) is 4.79 Å². The minimum atomic E-state index is -3.34. The summed E-state index contributed by atoms with van der Waals surface area (Å²) in [7, 11) is -2.03. The van der Waals surface area contributed by atoms with Crippen molar-refractivity contribution >= 4 is 16.0 Å². The molecule has 6 heteroatoms. The van der Waals surface area contributed by atoms with Gasteiger partial charge < -0.3 is 4.74 Å². The van der Waals surface area contributed by atoms with Crippen LogP contribution in [0.3, 0.4) is 0 Å². The van der Waals surface area contributed by atoms with Crippen LogP contribution in [0.15, 0.2) is 0 Å². The summed E-state index contributed by atoms with van der Waals surface area (Å²) in [5, 5.41) is 0. The molecular weight excluding hydrogens is 242 g/mol. The standard InChI is InChI=1S/C11H19NO4S/c1-16-11(13)10-7-8-5-3-4-6-9(8)12(10)17(2,14)15/h8-10H,3-7H2,1-2H3/t8-,9-,10+/m1/s1. The highest BCUT2D eigenvalue weighted by Gasteiger charge is 2.49. The fourth-order valence-corrected chi connectivity index (χ4v) is 4.64. The molecule has 0 aromatic carbocycles. The Morgan fingerprint density at radius 3 is 2.53 bits per heavy atom. The van der Waals surface area contributed by atoms with Gasteiger partial charge >= 0.3 is 5.97 Å². The van der Waals surface area contributed by atoms with Gasteiger partial charge in [0.25, 0.3) is 0 Å².